The predicted molar refractivity (Wildman–Crippen MR) is 104 cm³/mol. The van der Waals surface area contributed by atoms with Crippen molar-refractivity contribution in [3.8, 4) is 17.0 Å². The fourth-order valence-electron chi connectivity index (χ4n) is 3.44. The van der Waals surface area contributed by atoms with Gasteiger partial charge < -0.3 is 9.64 Å². The van der Waals surface area contributed by atoms with Gasteiger partial charge in [-0.25, -0.2) is 0 Å². The van der Waals surface area contributed by atoms with Gasteiger partial charge in [-0.15, -0.1) is 10.2 Å². The van der Waals surface area contributed by atoms with Crippen LogP contribution in [0.15, 0.2) is 41.4 Å². The van der Waals surface area contributed by atoms with Gasteiger partial charge in [0.05, 0.1) is 18.6 Å². The molecule has 1 aromatic carbocycles. The van der Waals surface area contributed by atoms with Crippen molar-refractivity contribution in [2.24, 2.45) is 0 Å². The molecule has 5 nitrogen and oxygen atoms in total. The molecule has 0 unspecified atom stereocenters. The molecule has 0 aliphatic carbocycles. The number of methoxy groups -OCH3 is 1. The Hall–Kier alpha value is -2.08. The number of thioether (sulfide) groups is 1. The van der Waals surface area contributed by atoms with Crippen LogP contribution in [-0.4, -0.2) is 46.0 Å². The number of hydrogen-bond acceptors (Lipinski definition) is 5. The summed E-state index contributed by atoms with van der Waals surface area (Å²) < 4.78 is 5.17. The summed E-state index contributed by atoms with van der Waals surface area (Å²) in [5.74, 6) is 1.41. The Morgan fingerprint density at radius 2 is 1.81 bits per heavy atom. The van der Waals surface area contributed by atoms with Gasteiger partial charge >= 0.3 is 0 Å². The minimum Gasteiger partial charge on any atom is -0.497 e. The zero-order chi connectivity index (χ0) is 18.5. The van der Waals surface area contributed by atoms with Crippen LogP contribution in [-0.2, 0) is 4.79 Å². The highest BCUT2D eigenvalue weighted by atomic mass is 32.2. The summed E-state index contributed by atoms with van der Waals surface area (Å²) in [5, 5.41) is 9.32. The number of piperidine rings is 1. The van der Waals surface area contributed by atoms with E-state index >= 15 is 0 Å². The van der Waals surface area contributed by atoms with Crippen molar-refractivity contribution >= 4 is 17.7 Å². The van der Waals surface area contributed by atoms with Gasteiger partial charge in [-0.1, -0.05) is 11.8 Å². The van der Waals surface area contributed by atoms with Crippen LogP contribution >= 0.6 is 11.8 Å². The molecule has 2 heterocycles. The number of nitrogens with zero attached hydrogens (tertiary/aromatic N) is 3. The Morgan fingerprint density at radius 3 is 2.38 bits per heavy atom. The van der Waals surface area contributed by atoms with Crippen molar-refractivity contribution in [3.05, 3.63) is 36.4 Å². The molecule has 26 heavy (non-hydrogen) atoms. The number of carbonyl (C=O) groups is 1. The lowest BCUT2D eigenvalue weighted by atomic mass is 9.98. The Morgan fingerprint density at radius 1 is 1.12 bits per heavy atom. The summed E-state index contributed by atoms with van der Waals surface area (Å²) in [7, 11) is 1.65. The lowest BCUT2D eigenvalue weighted by molar-refractivity contribution is -0.134. The van der Waals surface area contributed by atoms with E-state index in [1.165, 1.54) is 18.2 Å². The molecule has 0 N–H and O–H groups in total. The van der Waals surface area contributed by atoms with E-state index in [-0.39, 0.29) is 5.91 Å². The minimum absolute atomic E-state index is 0.190. The largest absolute Gasteiger partial charge is 0.497 e. The first-order valence-electron chi connectivity index (χ1n) is 9.00. The summed E-state index contributed by atoms with van der Waals surface area (Å²) in [6, 6.07) is 12.2. The molecule has 2 aromatic rings. The van der Waals surface area contributed by atoms with Crippen LogP contribution in [0, 0.1) is 0 Å². The van der Waals surface area contributed by atoms with Gasteiger partial charge in [0.1, 0.15) is 10.8 Å². The molecule has 1 saturated heterocycles. The average Bonchev–Trinajstić information content (AvgIpc) is 2.67. The second-order valence-electron chi connectivity index (χ2n) is 6.70. The monoisotopic (exact) mass is 371 g/mol. The SMILES string of the molecule is COc1ccc(-c2ccc(SCC(=O)N3[C@H](C)CCC[C@@H]3C)nn2)cc1. The van der Waals surface area contributed by atoms with Crippen LogP contribution in [0.5, 0.6) is 5.75 Å². The first-order valence-corrected chi connectivity index (χ1v) is 9.99. The molecule has 1 amide bonds. The van der Waals surface area contributed by atoms with E-state index in [0.717, 1.165) is 34.9 Å². The molecule has 1 aliphatic rings. The summed E-state index contributed by atoms with van der Waals surface area (Å²) in [4.78, 5) is 14.6. The Bertz CT molecular complexity index is 724. The summed E-state index contributed by atoms with van der Waals surface area (Å²) in [6.07, 6.45) is 3.39. The third-order valence-electron chi connectivity index (χ3n) is 4.85. The van der Waals surface area contributed by atoms with E-state index in [1.54, 1.807) is 7.11 Å². The number of hydrogen-bond donors (Lipinski definition) is 0. The normalized spacial score (nSPS) is 20.0. The van der Waals surface area contributed by atoms with E-state index < -0.39 is 0 Å². The number of carbonyl (C=O) groups excluding carboxylic acids is 1. The second kappa shape index (κ2) is 8.54. The highest BCUT2D eigenvalue weighted by molar-refractivity contribution is 7.99. The maximum atomic E-state index is 12.6. The average molecular weight is 372 g/mol. The smallest absolute Gasteiger partial charge is 0.233 e. The van der Waals surface area contributed by atoms with Gasteiger partial charge in [0, 0.05) is 17.6 Å². The van der Waals surface area contributed by atoms with Crippen LogP contribution in [0.25, 0.3) is 11.3 Å². The van der Waals surface area contributed by atoms with Crippen LogP contribution < -0.4 is 4.74 Å². The molecule has 0 radical (unpaired) electrons. The first-order chi connectivity index (χ1) is 12.6. The second-order valence-corrected chi connectivity index (χ2v) is 7.70. The molecular formula is C20H25N3O2S. The van der Waals surface area contributed by atoms with Crippen LogP contribution in [0.4, 0.5) is 0 Å². The molecule has 3 rings (SSSR count). The maximum absolute atomic E-state index is 12.6. The van der Waals surface area contributed by atoms with Gasteiger partial charge in [-0.05, 0) is 69.5 Å². The third-order valence-corrected chi connectivity index (χ3v) is 5.76. The van der Waals surface area contributed by atoms with E-state index in [2.05, 4.69) is 24.0 Å². The van der Waals surface area contributed by atoms with Crippen molar-refractivity contribution in [1.29, 1.82) is 0 Å². The number of amides is 1. The number of ether oxygens (including phenoxy) is 1. The van der Waals surface area contributed by atoms with Crippen LogP contribution in [0.2, 0.25) is 0 Å². The fourth-order valence-corrected chi connectivity index (χ4v) is 4.12. The maximum Gasteiger partial charge on any atom is 0.233 e. The fraction of sp³-hybridized carbons (Fsp3) is 0.450. The quantitative estimate of drug-likeness (QED) is 0.743. The van der Waals surface area contributed by atoms with Gasteiger partial charge in [0.15, 0.2) is 0 Å². The van der Waals surface area contributed by atoms with Crippen molar-refractivity contribution in [3.63, 3.8) is 0 Å². The highest BCUT2D eigenvalue weighted by Crippen LogP contribution is 2.25. The van der Waals surface area contributed by atoms with Gasteiger partial charge in [-0.3, -0.25) is 4.79 Å². The number of aromatic nitrogens is 2. The topological polar surface area (TPSA) is 55.3 Å². The van der Waals surface area contributed by atoms with Crippen molar-refractivity contribution in [2.45, 2.75) is 50.2 Å². The predicted octanol–water partition coefficient (Wildman–Crippen LogP) is 4.03. The molecule has 6 heteroatoms. The van der Waals surface area contributed by atoms with E-state index in [4.69, 9.17) is 4.74 Å². The summed E-state index contributed by atoms with van der Waals surface area (Å²) >= 11 is 1.45. The van der Waals surface area contributed by atoms with Crippen LogP contribution in [0.1, 0.15) is 33.1 Å². The van der Waals surface area contributed by atoms with Gasteiger partial charge in [0.25, 0.3) is 0 Å². The first kappa shape index (κ1) is 18.7. The highest BCUT2D eigenvalue weighted by Gasteiger charge is 2.28. The number of rotatable bonds is 5. The van der Waals surface area contributed by atoms with Gasteiger partial charge in [-0.2, -0.15) is 0 Å². The van der Waals surface area contributed by atoms with Crippen LogP contribution in [0.3, 0.4) is 0 Å². The van der Waals surface area contributed by atoms with Crippen molar-refractivity contribution in [2.75, 3.05) is 12.9 Å². The molecule has 1 aliphatic heterocycles. The number of benzene rings is 1. The summed E-state index contributed by atoms with van der Waals surface area (Å²) in [6.45, 7) is 4.28. The molecule has 0 spiro atoms. The van der Waals surface area contributed by atoms with Crippen molar-refractivity contribution in [1.82, 2.24) is 15.1 Å². The molecule has 1 fully saturated rings. The Balaban J connectivity index is 1.59. The van der Waals surface area contributed by atoms with E-state index in [1.807, 2.05) is 41.3 Å². The zero-order valence-electron chi connectivity index (χ0n) is 15.5. The van der Waals surface area contributed by atoms with Gasteiger partial charge in [0.2, 0.25) is 5.91 Å². The number of likely N-dealkylation sites (tertiary alicyclic amines) is 1. The zero-order valence-corrected chi connectivity index (χ0v) is 16.3. The Labute approximate surface area is 159 Å². The third kappa shape index (κ3) is 4.36. The lowest BCUT2D eigenvalue weighted by Crippen LogP contribution is -2.48. The van der Waals surface area contributed by atoms with E-state index in [9.17, 15) is 4.79 Å². The van der Waals surface area contributed by atoms with Crippen molar-refractivity contribution < 1.29 is 9.53 Å². The standard InChI is InChI=1S/C20H25N3O2S/c1-14-5-4-6-15(2)23(14)20(24)13-26-19-12-11-18(21-22-19)16-7-9-17(25-3)10-8-16/h7-12,14-15H,4-6,13H2,1-3H3/t14-,15+. The molecule has 0 bridgehead atoms. The molecular weight excluding hydrogens is 346 g/mol. The van der Waals surface area contributed by atoms with E-state index in [0.29, 0.717) is 17.8 Å². The lowest BCUT2D eigenvalue weighted by Gasteiger charge is -2.39. The summed E-state index contributed by atoms with van der Waals surface area (Å²) in [5.41, 5.74) is 1.79. The molecule has 1 aromatic heterocycles. The minimum atomic E-state index is 0.190. The Kier molecular flexibility index (Phi) is 6.14. The molecule has 2 atom stereocenters. The molecule has 0 saturated carbocycles. The molecule has 138 valence electrons.